The number of fused-ring (bicyclic) bond motifs is 3. The molecule has 1 aliphatic rings. The summed E-state index contributed by atoms with van der Waals surface area (Å²) in [6.07, 6.45) is 1.29. The van der Waals surface area contributed by atoms with E-state index in [0.29, 0.717) is 6.42 Å². The number of rotatable bonds is 3. The molecule has 4 rings (SSSR count). The molecule has 0 bridgehead atoms. The number of amides is 1. The molecule has 3 aromatic rings. The van der Waals surface area contributed by atoms with Crippen LogP contribution >= 0.6 is 11.3 Å². The molecule has 1 aliphatic carbocycles. The van der Waals surface area contributed by atoms with Gasteiger partial charge in [-0.2, -0.15) is 5.10 Å². The molecule has 0 saturated carbocycles. The van der Waals surface area contributed by atoms with Gasteiger partial charge in [0.1, 0.15) is 0 Å². The van der Waals surface area contributed by atoms with Gasteiger partial charge in [-0.25, -0.2) is 0 Å². The molecule has 2 aromatic heterocycles. The second-order valence-electron chi connectivity index (χ2n) is 5.42. The summed E-state index contributed by atoms with van der Waals surface area (Å²) < 4.78 is 0. The Morgan fingerprint density at radius 2 is 2.32 bits per heavy atom. The van der Waals surface area contributed by atoms with Crippen molar-refractivity contribution in [2.75, 3.05) is 7.05 Å². The Balaban J connectivity index is 1.70. The van der Waals surface area contributed by atoms with Crippen molar-refractivity contribution in [1.29, 1.82) is 0 Å². The summed E-state index contributed by atoms with van der Waals surface area (Å²) in [5.74, 6) is 0.0376. The smallest absolute Gasteiger partial charge is 0.224 e. The van der Waals surface area contributed by atoms with Crippen molar-refractivity contribution in [3.05, 3.63) is 52.4 Å². The Morgan fingerprint density at radius 3 is 3.09 bits per heavy atom. The Morgan fingerprint density at radius 1 is 1.41 bits per heavy atom. The third-order valence-corrected chi connectivity index (χ3v) is 4.96. The molecule has 1 amide bonds. The van der Waals surface area contributed by atoms with Crippen LogP contribution in [0.2, 0.25) is 0 Å². The minimum atomic E-state index is 0.0376. The van der Waals surface area contributed by atoms with Gasteiger partial charge >= 0.3 is 0 Å². The quantitative estimate of drug-likeness (QED) is 0.611. The highest BCUT2D eigenvalue weighted by Crippen LogP contribution is 2.41. The van der Waals surface area contributed by atoms with Crippen LogP contribution in [0, 0.1) is 0 Å². The number of hydrogen-bond donors (Lipinski definition) is 2. The van der Waals surface area contributed by atoms with E-state index in [0.717, 1.165) is 23.4 Å². The van der Waals surface area contributed by atoms with E-state index in [4.69, 9.17) is 0 Å². The number of nitrogens with zero attached hydrogens (tertiary/aromatic N) is 1. The van der Waals surface area contributed by atoms with Crippen molar-refractivity contribution in [2.24, 2.45) is 0 Å². The summed E-state index contributed by atoms with van der Waals surface area (Å²) in [7, 11) is 1.67. The maximum Gasteiger partial charge on any atom is 0.224 e. The monoisotopic (exact) mass is 309 g/mol. The van der Waals surface area contributed by atoms with Crippen LogP contribution in [0.25, 0.3) is 21.8 Å². The van der Waals surface area contributed by atoms with E-state index in [1.54, 1.807) is 18.4 Å². The lowest BCUT2D eigenvalue weighted by Crippen LogP contribution is -2.19. The fraction of sp³-hybridized carbons (Fsp3) is 0.176. The molecule has 5 heteroatoms. The minimum absolute atomic E-state index is 0.0376. The van der Waals surface area contributed by atoms with Crippen LogP contribution in [0.3, 0.4) is 0 Å². The van der Waals surface area contributed by atoms with E-state index >= 15 is 0 Å². The molecular formula is C17H15N3OS. The van der Waals surface area contributed by atoms with Gasteiger partial charge in [-0.3, -0.25) is 9.89 Å². The Hall–Kier alpha value is -2.40. The first-order chi connectivity index (χ1) is 10.8. The predicted octanol–water partition coefficient (Wildman–Crippen LogP) is 3.00. The Kier molecular flexibility index (Phi) is 3.08. The van der Waals surface area contributed by atoms with Crippen LogP contribution in [0.1, 0.15) is 16.7 Å². The lowest BCUT2D eigenvalue weighted by molar-refractivity contribution is -0.119. The Bertz CT molecular complexity index is 849. The van der Waals surface area contributed by atoms with Gasteiger partial charge in [-0.15, -0.1) is 11.3 Å². The highest BCUT2D eigenvalue weighted by molar-refractivity contribution is 7.13. The number of carbonyl (C=O) groups excluding carboxylic acids is 1. The summed E-state index contributed by atoms with van der Waals surface area (Å²) in [6, 6.07) is 10.4. The first-order valence-corrected chi connectivity index (χ1v) is 8.08. The predicted molar refractivity (Wildman–Crippen MR) is 87.9 cm³/mol. The van der Waals surface area contributed by atoms with Crippen LogP contribution in [-0.4, -0.2) is 23.2 Å². The third-order valence-electron chi connectivity index (χ3n) is 4.07. The molecule has 22 heavy (non-hydrogen) atoms. The second-order valence-corrected chi connectivity index (χ2v) is 6.37. The van der Waals surface area contributed by atoms with Crippen LogP contribution < -0.4 is 5.32 Å². The first-order valence-electron chi connectivity index (χ1n) is 7.20. The topological polar surface area (TPSA) is 57.8 Å². The van der Waals surface area contributed by atoms with Crippen molar-refractivity contribution >= 4 is 17.2 Å². The molecule has 0 unspecified atom stereocenters. The van der Waals surface area contributed by atoms with Gasteiger partial charge in [-0.05, 0) is 22.6 Å². The van der Waals surface area contributed by atoms with Gasteiger partial charge in [0, 0.05) is 24.6 Å². The molecule has 0 aliphatic heterocycles. The minimum Gasteiger partial charge on any atom is -0.359 e. The number of thiophene rings is 1. The summed E-state index contributed by atoms with van der Waals surface area (Å²) in [4.78, 5) is 12.7. The SMILES string of the molecule is CNC(=O)Cc1ccc2c(c1)Cc1c-2n[nH]c1-c1cccs1. The number of hydrogen-bond acceptors (Lipinski definition) is 3. The first kappa shape index (κ1) is 13.3. The summed E-state index contributed by atoms with van der Waals surface area (Å²) in [5, 5.41) is 12.4. The number of likely N-dealkylation sites (N-methyl/N-ethyl adjacent to an activating group) is 1. The summed E-state index contributed by atoms with van der Waals surface area (Å²) >= 11 is 1.72. The number of nitrogens with one attached hydrogen (secondary N) is 2. The molecule has 0 fully saturated rings. The molecule has 110 valence electrons. The van der Waals surface area contributed by atoms with Gasteiger partial charge in [0.15, 0.2) is 0 Å². The number of benzene rings is 1. The average Bonchev–Trinajstić information content (AvgIpc) is 3.22. The standard InChI is InChI=1S/C17H15N3OS/c1-18-15(21)8-10-4-5-12-11(7-10)9-13-16(12)19-20-17(13)14-3-2-6-22-14/h2-7H,8-9H2,1H3,(H,18,21)(H,19,20). The van der Waals surface area contributed by atoms with Gasteiger partial charge in [0.05, 0.1) is 22.7 Å². The molecule has 0 spiro atoms. The number of carbonyl (C=O) groups is 1. The zero-order chi connectivity index (χ0) is 15.1. The van der Waals surface area contributed by atoms with Gasteiger partial charge in [0.25, 0.3) is 0 Å². The van der Waals surface area contributed by atoms with E-state index < -0.39 is 0 Å². The van der Waals surface area contributed by atoms with Crippen molar-refractivity contribution < 1.29 is 4.79 Å². The van der Waals surface area contributed by atoms with Crippen molar-refractivity contribution in [3.63, 3.8) is 0 Å². The third kappa shape index (κ3) is 2.05. The van der Waals surface area contributed by atoms with Crippen molar-refractivity contribution in [1.82, 2.24) is 15.5 Å². The van der Waals surface area contributed by atoms with E-state index in [1.165, 1.54) is 21.6 Å². The lowest BCUT2D eigenvalue weighted by Gasteiger charge is -2.04. The van der Waals surface area contributed by atoms with Crippen LogP contribution in [0.15, 0.2) is 35.7 Å². The van der Waals surface area contributed by atoms with Crippen LogP contribution in [0.5, 0.6) is 0 Å². The summed E-state index contributed by atoms with van der Waals surface area (Å²) in [5.41, 5.74) is 6.90. The Labute approximate surface area is 132 Å². The van der Waals surface area contributed by atoms with E-state index in [-0.39, 0.29) is 5.91 Å². The van der Waals surface area contributed by atoms with E-state index in [9.17, 15) is 4.79 Å². The number of H-pyrrole nitrogens is 1. The highest BCUT2D eigenvalue weighted by atomic mass is 32.1. The molecule has 1 aromatic carbocycles. The molecule has 2 N–H and O–H groups in total. The van der Waals surface area contributed by atoms with Crippen LogP contribution in [-0.2, 0) is 17.6 Å². The van der Waals surface area contributed by atoms with Crippen molar-refractivity contribution in [2.45, 2.75) is 12.8 Å². The van der Waals surface area contributed by atoms with Gasteiger partial charge in [-0.1, -0.05) is 24.3 Å². The number of aromatic nitrogens is 2. The molecular weight excluding hydrogens is 294 g/mol. The van der Waals surface area contributed by atoms with Gasteiger partial charge < -0.3 is 5.32 Å². The zero-order valence-electron chi connectivity index (χ0n) is 12.1. The maximum absolute atomic E-state index is 11.5. The fourth-order valence-electron chi connectivity index (χ4n) is 2.98. The van der Waals surface area contributed by atoms with Gasteiger partial charge in [0.2, 0.25) is 5.91 Å². The highest BCUT2D eigenvalue weighted by Gasteiger charge is 2.25. The molecule has 4 nitrogen and oxygen atoms in total. The fourth-order valence-corrected chi connectivity index (χ4v) is 3.73. The molecule has 0 atom stereocenters. The van der Waals surface area contributed by atoms with E-state index in [2.05, 4.69) is 45.2 Å². The number of aromatic amines is 1. The lowest BCUT2D eigenvalue weighted by atomic mass is 10.0. The molecule has 0 saturated heterocycles. The molecule has 2 heterocycles. The van der Waals surface area contributed by atoms with Crippen molar-refractivity contribution in [3.8, 4) is 21.8 Å². The van der Waals surface area contributed by atoms with Crippen LogP contribution in [0.4, 0.5) is 0 Å². The summed E-state index contributed by atoms with van der Waals surface area (Å²) in [6.45, 7) is 0. The second kappa shape index (κ2) is 5.10. The maximum atomic E-state index is 11.5. The normalized spacial score (nSPS) is 12.0. The zero-order valence-corrected chi connectivity index (χ0v) is 13.0. The van der Waals surface area contributed by atoms with E-state index in [1.807, 2.05) is 6.07 Å². The largest absolute Gasteiger partial charge is 0.359 e. The average molecular weight is 309 g/mol. The molecule has 0 radical (unpaired) electrons.